The van der Waals surface area contributed by atoms with Crippen LogP contribution >= 0.6 is 0 Å². The molecule has 0 radical (unpaired) electrons. The smallest absolute Gasteiger partial charge is 0.350 e. The molecule has 10 heteroatoms. The van der Waals surface area contributed by atoms with Gasteiger partial charge in [0.1, 0.15) is 4.90 Å². The van der Waals surface area contributed by atoms with E-state index in [0.29, 0.717) is 9.36 Å². The zero-order valence-electron chi connectivity index (χ0n) is 17.1. The highest BCUT2D eigenvalue weighted by molar-refractivity contribution is 7.90. The van der Waals surface area contributed by atoms with E-state index in [1.54, 1.807) is 43.3 Å². The van der Waals surface area contributed by atoms with Gasteiger partial charge in [-0.1, -0.05) is 30.3 Å². The highest BCUT2D eigenvalue weighted by Gasteiger charge is 2.29. The Bertz CT molecular complexity index is 1510. The lowest BCUT2D eigenvalue weighted by atomic mass is 10.2. The van der Waals surface area contributed by atoms with E-state index in [-0.39, 0.29) is 40.9 Å². The minimum atomic E-state index is -4.40. The summed E-state index contributed by atoms with van der Waals surface area (Å²) in [7, 11) is -4.40. The van der Waals surface area contributed by atoms with Gasteiger partial charge in [0.05, 0.1) is 29.6 Å². The van der Waals surface area contributed by atoms with E-state index >= 15 is 0 Å². The molecule has 0 unspecified atom stereocenters. The predicted octanol–water partition coefficient (Wildman–Crippen LogP) is 2.57. The molecule has 2 aromatic heterocycles. The third-order valence-electron chi connectivity index (χ3n) is 4.92. The number of imidazole rings is 1. The monoisotopic (exact) mass is 453 g/mol. The maximum Gasteiger partial charge on any atom is 0.350 e. The molecule has 9 nitrogen and oxygen atoms in total. The van der Waals surface area contributed by atoms with E-state index in [4.69, 9.17) is 4.74 Å². The number of hydrogen-bond acceptors (Lipinski definition) is 7. The quantitative estimate of drug-likeness (QED) is 0.412. The Morgan fingerprint density at radius 2 is 1.69 bits per heavy atom. The van der Waals surface area contributed by atoms with E-state index in [2.05, 4.69) is 4.98 Å². The molecule has 0 fully saturated rings. The molecule has 32 heavy (non-hydrogen) atoms. The first-order valence-corrected chi connectivity index (χ1v) is 11.3. The molecule has 0 aliphatic rings. The van der Waals surface area contributed by atoms with Crippen molar-refractivity contribution in [3.8, 4) is 0 Å². The van der Waals surface area contributed by atoms with Gasteiger partial charge >= 0.3 is 11.7 Å². The number of carbonyl (C=O) groups is 2. The molecule has 4 rings (SSSR count). The SMILES string of the molecule is CCOC(=O)CCC(=O)n1c(=O)n(S(=O)(=O)c2cccc3cccnc23)c2ccccc21. The summed E-state index contributed by atoms with van der Waals surface area (Å²) >= 11 is 0. The highest BCUT2D eigenvalue weighted by Crippen LogP contribution is 2.25. The average molecular weight is 453 g/mol. The summed E-state index contributed by atoms with van der Waals surface area (Å²) in [6, 6.07) is 14.1. The minimum Gasteiger partial charge on any atom is -0.466 e. The molecule has 0 saturated heterocycles. The third-order valence-corrected chi connectivity index (χ3v) is 6.64. The Hall–Kier alpha value is -3.79. The second-order valence-corrected chi connectivity index (χ2v) is 8.66. The van der Waals surface area contributed by atoms with Gasteiger partial charge in [0.25, 0.3) is 10.0 Å². The van der Waals surface area contributed by atoms with E-state index in [1.807, 2.05) is 0 Å². The summed E-state index contributed by atoms with van der Waals surface area (Å²) in [4.78, 5) is 41.7. The van der Waals surface area contributed by atoms with Gasteiger partial charge in [0.15, 0.2) is 0 Å². The predicted molar refractivity (Wildman–Crippen MR) is 117 cm³/mol. The second kappa shape index (κ2) is 8.39. The lowest BCUT2D eigenvalue weighted by Crippen LogP contribution is -2.33. The number of carbonyl (C=O) groups excluding carboxylic acids is 2. The van der Waals surface area contributed by atoms with Crippen molar-refractivity contribution in [2.45, 2.75) is 24.7 Å². The number of esters is 1. The maximum absolute atomic E-state index is 13.6. The standard InChI is InChI=1S/C22H19N3O6S/c1-2-31-20(27)13-12-19(26)24-16-9-3-4-10-17(16)25(22(24)28)32(29,30)18-11-5-7-15-8-6-14-23-21(15)18/h3-11,14H,2,12-13H2,1H3. The van der Waals surface area contributed by atoms with Crippen molar-refractivity contribution >= 4 is 43.8 Å². The van der Waals surface area contributed by atoms with Crippen LogP contribution in [-0.2, 0) is 19.6 Å². The number of rotatable bonds is 6. The van der Waals surface area contributed by atoms with Gasteiger partial charge in [0.2, 0.25) is 5.91 Å². The van der Waals surface area contributed by atoms with Gasteiger partial charge in [-0.3, -0.25) is 14.6 Å². The van der Waals surface area contributed by atoms with Crippen molar-refractivity contribution in [3.63, 3.8) is 0 Å². The molecular weight excluding hydrogens is 434 g/mol. The van der Waals surface area contributed by atoms with Crippen LogP contribution in [0.3, 0.4) is 0 Å². The lowest BCUT2D eigenvalue weighted by Gasteiger charge is -2.08. The summed E-state index contributed by atoms with van der Waals surface area (Å²) in [5, 5.41) is 0.593. The zero-order valence-corrected chi connectivity index (χ0v) is 17.9. The highest BCUT2D eigenvalue weighted by atomic mass is 32.2. The molecule has 0 N–H and O–H groups in total. The first-order chi connectivity index (χ1) is 15.4. The van der Waals surface area contributed by atoms with Gasteiger partial charge in [-0.15, -0.1) is 0 Å². The number of fused-ring (bicyclic) bond motifs is 2. The van der Waals surface area contributed by atoms with E-state index in [1.165, 1.54) is 24.4 Å². The van der Waals surface area contributed by atoms with Crippen molar-refractivity contribution in [2.24, 2.45) is 0 Å². The number of nitrogens with zero attached hydrogens (tertiary/aromatic N) is 3. The van der Waals surface area contributed by atoms with Crippen LogP contribution in [0, 0.1) is 0 Å². The second-order valence-electron chi connectivity index (χ2n) is 6.91. The van der Waals surface area contributed by atoms with Crippen molar-refractivity contribution in [2.75, 3.05) is 6.61 Å². The molecule has 0 atom stereocenters. The molecule has 2 aromatic carbocycles. The topological polar surface area (TPSA) is 117 Å². The molecule has 0 bridgehead atoms. The number of benzene rings is 2. The Morgan fingerprint density at radius 1 is 0.969 bits per heavy atom. The molecule has 0 aliphatic carbocycles. The van der Waals surface area contributed by atoms with Crippen LogP contribution in [0.15, 0.2) is 70.5 Å². The number of pyridine rings is 1. The summed E-state index contributed by atoms with van der Waals surface area (Å²) in [6.07, 6.45) is 0.938. The summed E-state index contributed by atoms with van der Waals surface area (Å²) in [6.45, 7) is 1.81. The van der Waals surface area contributed by atoms with Gasteiger partial charge in [-0.25, -0.2) is 17.8 Å². The Morgan fingerprint density at radius 3 is 2.44 bits per heavy atom. The largest absolute Gasteiger partial charge is 0.466 e. The fourth-order valence-electron chi connectivity index (χ4n) is 3.53. The first-order valence-electron chi connectivity index (χ1n) is 9.87. The number of ether oxygens (including phenoxy) is 1. The number of aromatic nitrogens is 3. The Labute approximate surface area is 182 Å². The van der Waals surface area contributed by atoms with E-state index in [0.717, 1.165) is 4.57 Å². The molecule has 164 valence electrons. The Kier molecular flexibility index (Phi) is 5.62. The van der Waals surface area contributed by atoms with Crippen LogP contribution < -0.4 is 5.69 Å². The lowest BCUT2D eigenvalue weighted by molar-refractivity contribution is -0.143. The van der Waals surface area contributed by atoms with Crippen molar-refractivity contribution in [3.05, 3.63) is 71.3 Å². The van der Waals surface area contributed by atoms with Crippen LogP contribution in [0.4, 0.5) is 0 Å². The maximum atomic E-state index is 13.6. The summed E-state index contributed by atoms with van der Waals surface area (Å²) < 4.78 is 33.4. The van der Waals surface area contributed by atoms with Crippen molar-refractivity contribution in [1.82, 2.24) is 13.5 Å². The van der Waals surface area contributed by atoms with Crippen LogP contribution in [0.25, 0.3) is 21.9 Å². The van der Waals surface area contributed by atoms with Gasteiger partial charge in [-0.05, 0) is 31.2 Å². The Balaban J connectivity index is 1.89. The molecule has 0 saturated carbocycles. The van der Waals surface area contributed by atoms with E-state index < -0.39 is 27.6 Å². The number of para-hydroxylation sites is 3. The third kappa shape index (κ3) is 3.58. The first kappa shape index (κ1) is 21.4. The minimum absolute atomic E-state index is 0.0509. The molecule has 0 aliphatic heterocycles. The fraction of sp³-hybridized carbons (Fsp3) is 0.182. The molecule has 4 aromatic rings. The van der Waals surface area contributed by atoms with Crippen molar-refractivity contribution in [1.29, 1.82) is 0 Å². The zero-order chi connectivity index (χ0) is 22.9. The van der Waals surface area contributed by atoms with Crippen LogP contribution in [0.1, 0.15) is 24.6 Å². The molecule has 2 heterocycles. The van der Waals surface area contributed by atoms with Gasteiger partial charge in [-0.2, -0.15) is 3.97 Å². The van der Waals surface area contributed by atoms with Gasteiger partial charge < -0.3 is 4.74 Å². The average Bonchev–Trinajstić information content (AvgIpc) is 3.09. The fourth-order valence-corrected chi connectivity index (χ4v) is 5.09. The van der Waals surface area contributed by atoms with Crippen molar-refractivity contribution < 1.29 is 22.7 Å². The van der Waals surface area contributed by atoms with Crippen LogP contribution in [0.5, 0.6) is 0 Å². The molecule has 0 spiro atoms. The van der Waals surface area contributed by atoms with E-state index in [9.17, 15) is 22.8 Å². The molecular formula is C22H19N3O6S. The summed E-state index contributed by atoms with van der Waals surface area (Å²) in [5.41, 5.74) is -0.640. The van der Waals surface area contributed by atoms with Crippen LogP contribution in [0.2, 0.25) is 0 Å². The molecule has 0 amide bonds. The summed E-state index contributed by atoms with van der Waals surface area (Å²) in [5.74, 6) is -1.28. The van der Waals surface area contributed by atoms with Crippen LogP contribution in [-0.4, -0.2) is 40.4 Å². The number of hydrogen-bond donors (Lipinski definition) is 0. The van der Waals surface area contributed by atoms with Gasteiger partial charge in [0, 0.05) is 18.0 Å². The normalized spacial score (nSPS) is 11.7.